The van der Waals surface area contributed by atoms with Crippen LogP contribution in [0, 0.1) is 0 Å². The molecule has 0 saturated carbocycles. The average molecular weight is 320 g/mol. The molecule has 4 rings (SSSR count). The summed E-state index contributed by atoms with van der Waals surface area (Å²) in [6, 6.07) is 18.2. The third-order valence-corrected chi connectivity index (χ3v) is 5.01. The number of rotatable bonds is 3. The van der Waals surface area contributed by atoms with E-state index >= 15 is 0 Å². The highest BCUT2D eigenvalue weighted by atomic mass is 16.2. The second kappa shape index (κ2) is 6.11. The number of carbonyl (C=O) groups is 2. The van der Waals surface area contributed by atoms with Gasteiger partial charge in [0.25, 0.3) is 0 Å². The Morgan fingerprint density at radius 3 is 2.25 bits per heavy atom. The van der Waals surface area contributed by atoms with Crippen molar-refractivity contribution < 1.29 is 9.59 Å². The summed E-state index contributed by atoms with van der Waals surface area (Å²) in [5, 5.41) is 0. The van der Waals surface area contributed by atoms with Crippen LogP contribution in [0.3, 0.4) is 0 Å². The zero-order chi connectivity index (χ0) is 16.5. The fourth-order valence-electron chi connectivity index (χ4n) is 3.65. The van der Waals surface area contributed by atoms with Crippen molar-refractivity contribution in [3.63, 3.8) is 0 Å². The Balaban J connectivity index is 1.39. The lowest BCUT2D eigenvalue weighted by Gasteiger charge is -2.21. The molecule has 0 radical (unpaired) electrons. The summed E-state index contributed by atoms with van der Waals surface area (Å²) >= 11 is 0. The highest BCUT2D eigenvalue weighted by molar-refractivity contribution is 5.87. The fraction of sp³-hybridized carbons (Fsp3) is 0.300. The van der Waals surface area contributed by atoms with Gasteiger partial charge in [-0.3, -0.25) is 9.59 Å². The number of fused-ring (bicyclic) bond motifs is 1. The molecular formula is C20H20N2O2. The van der Waals surface area contributed by atoms with Gasteiger partial charge < -0.3 is 9.80 Å². The molecule has 1 fully saturated rings. The van der Waals surface area contributed by atoms with Crippen LogP contribution in [0.15, 0.2) is 54.6 Å². The summed E-state index contributed by atoms with van der Waals surface area (Å²) in [7, 11) is 0. The molecule has 4 nitrogen and oxygen atoms in total. The number of carbonyl (C=O) groups excluding carboxylic acids is 2. The number of nitrogens with zero attached hydrogens (tertiary/aromatic N) is 2. The molecule has 2 aliphatic heterocycles. The zero-order valence-corrected chi connectivity index (χ0v) is 13.5. The smallest absolute Gasteiger partial charge is 0.242 e. The maximum Gasteiger partial charge on any atom is 0.242 e. The van der Waals surface area contributed by atoms with Crippen molar-refractivity contribution in [3.05, 3.63) is 71.3 Å². The molecular weight excluding hydrogens is 300 g/mol. The second-order valence-corrected chi connectivity index (χ2v) is 6.60. The van der Waals surface area contributed by atoms with Crippen LogP contribution in [0.5, 0.6) is 0 Å². The number of benzene rings is 2. The van der Waals surface area contributed by atoms with Gasteiger partial charge in [0.05, 0.1) is 6.54 Å². The van der Waals surface area contributed by atoms with Gasteiger partial charge in [0, 0.05) is 32.0 Å². The standard InChI is InChI=1S/C20H20N2O2/c23-19-10-18(15-6-2-1-3-7-15)13-22(19)14-20(24)21-11-16-8-4-5-9-17(16)12-21/h1-9,18H,10-14H2/t18-/m1/s1. The van der Waals surface area contributed by atoms with Gasteiger partial charge in [-0.05, 0) is 16.7 Å². The van der Waals surface area contributed by atoms with Crippen LogP contribution in [0.25, 0.3) is 0 Å². The molecule has 24 heavy (non-hydrogen) atoms. The summed E-state index contributed by atoms with van der Waals surface area (Å²) in [5.41, 5.74) is 3.59. The lowest BCUT2D eigenvalue weighted by atomic mass is 9.99. The molecule has 0 N–H and O–H groups in total. The molecule has 2 amide bonds. The molecule has 4 heteroatoms. The van der Waals surface area contributed by atoms with E-state index < -0.39 is 0 Å². The quantitative estimate of drug-likeness (QED) is 0.872. The van der Waals surface area contributed by atoms with Gasteiger partial charge in [0.1, 0.15) is 0 Å². The molecule has 0 bridgehead atoms. The van der Waals surface area contributed by atoms with Gasteiger partial charge in [0.2, 0.25) is 11.8 Å². The van der Waals surface area contributed by atoms with Crippen LogP contribution < -0.4 is 0 Å². The third-order valence-electron chi connectivity index (χ3n) is 5.01. The number of likely N-dealkylation sites (tertiary alicyclic amines) is 1. The molecule has 122 valence electrons. The van der Waals surface area contributed by atoms with E-state index in [0.29, 0.717) is 26.1 Å². The predicted molar refractivity (Wildman–Crippen MR) is 91.1 cm³/mol. The lowest BCUT2D eigenvalue weighted by molar-refractivity contribution is -0.138. The Hall–Kier alpha value is -2.62. The van der Waals surface area contributed by atoms with Crippen molar-refractivity contribution >= 4 is 11.8 Å². The molecule has 2 heterocycles. The SMILES string of the molecule is O=C(CN1C[C@H](c2ccccc2)CC1=O)N1Cc2ccccc2C1. The fourth-order valence-corrected chi connectivity index (χ4v) is 3.65. The third kappa shape index (κ3) is 2.80. The van der Waals surface area contributed by atoms with Gasteiger partial charge in [0.15, 0.2) is 0 Å². The van der Waals surface area contributed by atoms with E-state index in [4.69, 9.17) is 0 Å². The van der Waals surface area contributed by atoms with Gasteiger partial charge in [-0.15, -0.1) is 0 Å². The van der Waals surface area contributed by atoms with E-state index in [1.54, 1.807) is 4.90 Å². The van der Waals surface area contributed by atoms with Crippen LogP contribution in [0.1, 0.15) is 29.0 Å². The van der Waals surface area contributed by atoms with E-state index in [-0.39, 0.29) is 24.3 Å². The molecule has 0 aromatic heterocycles. The first kappa shape index (κ1) is 14.9. The van der Waals surface area contributed by atoms with Crippen molar-refractivity contribution in [1.29, 1.82) is 0 Å². The van der Waals surface area contributed by atoms with Crippen LogP contribution in [-0.2, 0) is 22.7 Å². The van der Waals surface area contributed by atoms with Gasteiger partial charge in [-0.1, -0.05) is 54.6 Å². The molecule has 0 spiro atoms. The van der Waals surface area contributed by atoms with E-state index in [2.05, 4.69) is 24.3 Å². The number of hydrogen-bond donors (Lipinski definition) is 0. The van der Waals surface area contributed by atoms with Crippen molar-refractivity contribution in [2.24, 2.45) is 0 Å². The first-order valence-corrected chi connectivity index (χ1v) is 8.38. The Kier molecular flexibility index (Phi) is 3.81. The van der Waals surface area contributed by atoms with Crippen LogP contribution in [0.2, 0.25) is 0 Å². The monoisotopic (exact) mass is 320 g/mol. The summed E-state index contributed by atoms with van der Waals surface area (Å²) in [6.45, 7) is 2.13. The predicted octanol–water partition coefficient (Wildman–Crippen LogP) is 2.54. The minimum absolute atomic E-state index is 0.0354. The van der Waals surface area contributed by atoms with Crippen molar-refractivity contribution in [2.75, 3.05) is 13.1 Å². The first-order valence-electron chi connectivity index (χ1n) is 8.38. The molecule has 1 saturated heterocycles. The van der Waals surface area contributed by atoms with E-state index in [1.165, 1.54) is 16.7 Å². The highest BCUT2D eigenvalue weighted by Crippen LogP contribution is 2.28. The van der Waals surface area contributed by atoms with E-state index in [9.17, 15) is 9.59 Å². The Bertz CT molecular complexity index is 747. The van der Waals surface area contributed by atoms with Crippen molar-refractivity contribution in [3.8, 4) is 0 Å². The highest BCUT2D eigenvalue weighted by Gasteiger charge is 2.33. The summed E-state index contributed by atoms with van der Waals surface area (Å²) in [6.07, 6.45) is 0.498. The number of amides is 2. The summed E-state index contributed by atoms with van der Waals surface area (Å²) in [4.78, 5) is 28.4. The summed E-state index contributed by atoms with van der Waals surface area (Å²) < 4.78 is 0. The maximum atomic E-state index is 12.6. The first-order chi connectivity index (χ1) is 11.7. The van der Waals surface area contributed by atoms with Crippen LogP contribution in [0.4, 0.5) is 0 Å². The van der Waals surface area contributed by atoms with Crippen molar-refractivity contribution in [1.82, 2.24) is 9.80 Å². The van der Waals surface area contributed by atoms with Crippen molar-refractivity contribution in [2.45, 2.75) is 25.4 Å². The van der Waals surface area contributed by atoms with Gasteiger partial charge >= 0.3 is 0 Å². The number of hydrogen-bond acceptors (Lipinski definition) is 2. The minimum atomic E-state index is 0.0354. The van der Waals surface area contributed by atoms with Gasteiger partial charge in [-0.25, -0.2) is 0 Å². The Morgan fingerprint density at radius 1 is 0.958 bits per heavy atom. The normalized spacial score (nSPS) is 19.7. The molecule has 2 aromatic rings. The molecule has 2 aromatic carbocycles. The van der Waals surface area contributed by atoms with E-state index in [1.807, 2.05) is 35.2 Å². The molecule has 2 aliphatic rings. The lowest BCUT2D eigenvalue weighted by Crippen LogP contribution is -2.38. The minimum Gasteiger partial charge on any atom is -0.333 e. The average Bonchev–Trinajstić information content (AvgIpc) is 3.20. The Morgan fingerprint density at radius 2 is 1.58 bits per heavy atom. The molecule has 1 atom stereocenters. The Labute approximate surface area is 141 Å². The topological polar surface area (TPSA) is 40.6 Å². The maximum absolute atomic E-state index is 12.6. The van der Waals surface area contributed by atoms with Crippen LogP contribution in [-0.4, -0.2) is 34.7 Å². The zero-order valence-electron chi connectivity index (χ0n) is 13.5. The largest absolute Gasteiger partial charge is 0.333 e. The van der Waals surface area contributed by atoms with E-state index in [0.717, 1.165) is 0 Å². The summed E-state index contributed by atoms with van der Waals surface area (Å²) in [5.74, 6) is 0.310. The van der Waals surface area contributed by atoms with Gasteiger partial charge in [-0.2, -0.15) is 0 Å². The second-order valence-electron chi connectivity index (χ2n) is 6.60. The molecule has 0 unspecified atom stereocenters. The van der Waals surface area contributed by atoms with Crippen LogP contribution >= 0.6 is 0 Å². The molecule has 0 aliphatic carbocycles.